The van der Waals surface area contributed by atoms with Gasteiger partial charge in [-0.1, -0.05) is 12.1 Å². The molecule has 0 unspecified atom stereocenters. The third-order valence-electron chi connectivity index (χ3n) is 5.26. The zero-order valence-corrected chi connectivity index (χ0v) is 20.4. The monoisotopic (exact) mass is 532 g/mol. The maximum Gasteiger partial charge on any atom is 0.191 e. The van der Waals surface area contributed by atoms with Crippen LogP contribution in [-0.4, -0.2) is 45.8 Å². The van der Waals surface area contributed by atoms with Crippen LogP contribution in [0.25, 0.3) is 0 Å². The van der Waals surface area contributed by atoms with Gasteiger partial charge in [-0.25, -0.2) is 9.38 Å². The van der Waals surface area contributed by atoms with Gasteiger partial charge in [-0.3, -0.25) is 0 Å². The van der Waals surface area contributed by atoms with E-state index in [9.17, 15) is 4.39 Å². The SMILES string of the molecule is CSCCCNC(=NCc1nnc(C)n1C)NCC1(c2cccc(F)c2)CC1.I. The van der Waals surface area contributed by atoms with Gasteiger partial charge in [0.2, 0.25) is 0 Å². The molecule has 160 valence electrons. The zero-order chi connectivity index (χ0) is 20.0. The van der Waals surface area contributed by atoms with E-state index in [4.69, 9.17) is 4.99 Å². The summed E-state index contributed by atoms with van der Waals surface area (Å²) in [5.74, 6) is 3.40. The normalized spacial score (nSPS) is 15.0. The van der Waals surface area contributed by atoms with Crippen molar-refractivity contribution < 1.29 is 4.39 Å². The Labute approximate surface area is 193 Å². The van der Waals surface area contributed by atoms with Gasteiger partial charge in [0.15, 0.2) is 11.8 Å². The van der Waals surface area contributed by atoms with Crippen molar-refractivity contribution in [2.45, 2.75) is 38.1 Å². The fraction of sp³-hybridized carbons (Fsp3) is 0.550. The minimum atomic E-state index is -0.175. The highest BCUT2D eigenvalue weighted by Crippen LogP contribution is 2.47. The van der Waals surface area contributed by atoms with E-state index in [1.807, 2.05) is 36.4 Å². The van der Waals surface area contributed by atoms with Gasteiger partial charge in [-0.15, -0.1) is 34.2 Å². The Balaban J connectivity index is 0.00000300. The van der Waals surface area contributed by atoms with Crippen molar-refractivity contribution in [2.75, 3.05) is 25.1 Å². The van der Waals surface area contributed by atoms with Gasteiger partial charge in [0, 0.05) is 25.6 Å². The molecule has 1 aliphatic carbocycles. The molecule has 1 fully saturated rings. The minimum absolute atomic E-state index is 0. The summed E-state index contributed by atoms with van der Waals surface area (Å²) >= 11 is 1.84. The highest BCUT2D eigenvalue weighted by Gasteiger charge is 2.44. The third-order valence-corrected chi connectivity index (χ3v) is 5.96. The molecular weight excluding hydrogens is 502 g/mol. The van der Waals surface area contributed by atoms with Crippen molar-refractivity contribution in [1.82, 2.24) is 25.4 Å². The third kappa shape index (κ3) is 6.56. The molecule has 0 radical (unpaired) electrons. The lowest BCUT2D eigenvalue weighted by Gasteiger charge is -2.19. The molecule has 29 heavy (non-hydrogen) atoms. The Morgan fingerprint density at radius 3 is 2.72 bits per heavy atom. The van der Waals surface area contributed by atoms with Gasteiger partial charge < -0.3 is 15.2 Å². The second-order valence-electron chi connectivity index (χ2n) is 7.30. The summed E-state index contributed by atoms with van der Waals surface area (Å²) in [6.07, 6.45) is 5.30. The summed E-state index contributed by atoms with van der Waals surface area (Å²) in [5.41, 5.74) is 1.07. The zero-order valence-electron chi connectivity index (χ0n) is 17.2. The summed E-state index contributed by atoms with van der Waals surface area (Å²) in [5, 5.41) is 15.1. The van der Waals surface area contributed by atoms with Gasteiger partial charge in [-0.05, 0) is 55.9 Å². The first-order chi connectivity index (χ1) is 13.5. The number of aromatic nitrogens is 3. The number of guanidine groups is 1. The van der Waals surface area contributed by atoms with E-state index in [1.165, 1.54) is 6.07 Å². The number of halogens is 2. The highest BCUT2D eigenvalue weighted by atomic mass is 127. The van der Waals surface area contributed by atoms with Crippen LogP contribution >= 0.6 is 35.7 Å². The summed E-state index contributed by atoms with van der Waals surface area (Å²) in [6, 6.07) is 6.95. The van der Waals surface area contributed by atoms with Crippen LogP contribution in [0.2, 0.25) is 0 Å². The van der Waals surface area contributed by atoms with Crippen LogP contribution < -0.4 is 10.6 Å². The second-order valence-corrected chi connectivity index (χ2v) is 8.29. The number of rotatable bonds is 9. The molecule has 2 aromatic rings. The molecule has 0 aliphatic heterocycles. The number of aryl methyl sites for hydroxylation is 1. The molecule has 3 rings (SSSR count). The van der Waals surface area contributed by atoms with Crippen molar-refractivity contribution in [1.29, 1.82) is 0 Å². The van der Waals surface area contributed by atoms with E-state index in [1.54, 1.807) is 12.1 Å². The average molecular weight is 532 g/mol. The summed E-state index contributed by atoms with van der Waals surface area (Å²) in [6.45, 7) is 3.98. The number of aliphatic imine (C=N–C) groups is 1. The largest absolute Gasteiger partial charge is 0.356 e. The predicted molar refractivity (Wildman–Crippen MR) is 129 cm³/mol. The number of nitrogens with one attached hydrogen (secondary N) is 2. The molecule has 9 heteroatoms. The molecule has 0 spiro atoms. The van der Waals surface area contributed by atoms with Gasteiger partial charge in [0.1, 0.15) is 18.2 Å². The van der Waals surface area contributed by atoms with E-state index in [-0.39, 0.29) is 35.2 Å². The minimum Gasteiger partial charge on any atom is -0.356 e. The number of hydrogen-bond acceptors (Lipinski definition) is 4. The number of hydrogen-bond donors (Lipinski definition) is 2. The Morgan fingerprint density at radius 2 is 2.10 bits per heavy atom. The van der Waals surface area contributed by atoms with Crippen LogP contribution in [0.4, 0.5) is 4.39 Å². The quantitative estimate of drug-likeness (QED) is 0.224. The first-order valence-electron chi connectivity index (χ1n) is 9.66. The van der Waals surface area contributed by atoms with E-state index in [2.05, 4.69) is 27.1 Å². The van der Waals surface area contributed by atoms with Crippen LogP contribution in [0.1, 0.15) is 36.5 Å². The first-order valence-corrected chi connectivity index (χ1v) is 11.1. The fourth-order valence-corrected chi connectivity index (χ4v) is 3.56. The Bertz CT molecular complexity index is 821. The summed E-state index contributed by atoms with van der Waals surface area (Å²) in [7, 11) is 1.95. The molecule has 1 aromatic heterocycles. The van der Waals surface area contributed by atoms with E-state index in [0.29, 0.717) is 6.54 Å². The smallest absolute Gasteiger partial charge is 0.191 e. The van der Waals surface area contributed by atoms with E-state index >= 15 is 0 Å². The van der Waals surface area contributed by atoms with Crippen LogP contribution in [0.15, 0.2) is 29.3 Å². The molecule has 1 saturated carbocycles. The number of benzene rings is 1. The molecule has 0 saturated heterocycles. The topological polar surface area (TPSA) is 67.1 Å². The van der Waals surface area contributed by atoms with Gasteiger partial charge in [-0.2, -0.15) is 11.8 Å². The molecule has 0 amide bonds. The number of thioether (sulfide) groups is 1. The Hall–Kier alpha value is -1.36. The van der Waals surface area contributed by atoms with Crippen LogP contribution in [0.3, 0.4) is 0 Å². The molecular formula is C20H30FIN6S. The van der Waals surface area contributed by atoms with Gasteiger partial charge in [0.05, 0.1) is 0 Å². The summed E-state index contributed by atoms with van der Waals surface area (Å²) in [4.78, 5) is 4.70. The highest BCUT2D eigenvalue weighted by molar-refractivity contribution is 14.0. The Morgan fingerprint density at radius 1 is 1.31 bits per heavy atom. The van der Waals surface area contributed by atoms with Crippen LogP contribution in [0, 0.1) is 12.7 Å². The van der Waals surface area contributed by atoms with Crippen molar-refractivity contribution in [2.24, 2.45) is 12.0 Å². The fourth-order valence-electron chi connectivity index (χ4n) is 3.13. The van der Waals surface area contributed by atoms with Gasteiger partial charge >= 0.3 is 0 Å². The van der Waals surface area contributed by atoms with E-state index < -0.39 is 0 Å². The molecule has 0 atom stereocenters. The maximum atomic E-state index is 13.6. The first kappa shape index (κ1) is 23.9. The standard InChI is InChI=1S/C20H29FN6S.HI/c1-15-25-26-18(27(15)2)13-23-19(22-10-5-11-28-3)24-14-20(8-9-20)16-6-4-7-17(21)12-16;/h4,6-7,12H,5,8-11,13-14H2,1-3H3,(H2,22,23,24);1H. The van der Waals surface area contributed by atoms with E-state index in [0.717, 1.165) is 61.3 Å². The molecule has 2 N–H and O–H groups in total. The van der Waals surface area contributed by atoms with Crippen molar-refractivity contribution in [3.05, 3.63) is 47.3 Å². The molecule has 0 bridgehead atoms. The van der Waals surface area contributed by atoms with Crippen molar-refractivity contribution in [3.63, 3.8) is 0 Å². The lowest BCUT2D eigenvalue weighted by molar-refractivity contribution is 0.606. The lowest BCUT2D eigenvalue weighted by atomic mass is 9.96. The number of nitrogens with zero attached hydrogens (tertiary/aromatic N) is 4. The average Bonchev–Trinajstić information content (AvgIpc) is 3.42. The van der Waals surface area contributed by atoms with Crippen LogP contribution in [0.5, 0.6) is 0 Å². The molecule has 1 aliphatic rings. The molecule has 1 heterocycles. The predicted octanol–water partition coefficient (Wildman–Crippen LogP) is 3.40. The second kappa shape index (κ2) is 11.1. The molecule has 6 nitrogen and oxygen atoms in total. The van der Waals surface area contributed by atoms with Crippen molar-refractivity contribution >= 4 is 41.7 Å². The Kier molecular flexibility index (Phi) is 9.19. The van der Waals surface area contributed by atoms with Gasteiger partial charge in [0.25, 0.3) is 0 Å². The van der Waals surface area contributed by atoms with Crippen molar-refractivity contribution in [3.8, 4) is 0 Å². The lowest BCUT2D eigenvalue weighted by Crippen LogP contribution is -2.42. The maximum absolute atomic E-state index is 13.6. The summed E-state index contributed by atoms with van der Waals surface area (Å²) < 4.78 is 15.6. The van der Waals surface area contributed by atoms with Crippen LogP contribution in [-0.2, 0) is 19.0 Å². The molecule has 1 aromatic carbocycles.